The fraction of sp³-hybridized carbons (Fsp3) is 0.130. The summed E-state index contributed by atoms with van der Waals surface area (Å²) in [5.41, 5.74) is 10.8. The Morgan fingerprint density at radius 2 is 1.71 bits per heavy atom. The molecule has 164 valence electrons. The minimum absolute atomic E-state index is 0. The largest absolute Gasteiger partial charge is 2.00 e. The zero-order valence-corrected chi connectivity index (χ0v) is 19.4. The molecule has 2 aliphatic carbocycles. The fourth-order valence-electron chi connectivity index (χ4n) is 2.55. The van der Waals surface area contributed by atoms with Crippen molar-refractivity contribution in [2.24, 2.45) is 10.8 Å². The van der Waals surface area contributed by atoms with Gasteiger partial charge in [-0.05, 0) is 28.9 Å². The zero-order chi connectivity index (χ0) is 21.8. The van der Waals surface area contributed by atoms with Crippen LogP contribution in [0.25, 0.3) is 5.70 Å². The second kappa shape index (κ2) is 14.2. The van der Waals surface area contributed by atoms with E-state index in [0.29, 0.717) is 22.9 Å². The molecular weight excluding hydrogens is 454 g/mol. The topological polar surface area (TPSA) is 78.1 Å². The molecule has 2 radical (unpaired) electrons. The average molecular weight is 479 g/mol. The molecule has 0 amide bonds. The molecule has 0 saturated carbocycles. The van der Waals surface area contributed by atoms with Crippen molar-refractivity contribution in [2.45, 2.75) is 0 Å². The zero-order valence-electron chi connectivity index (χ0n) is 17.5. The van der Waals surface area contributed by atoms with E-state index >= 15 is 0 Å². The number of nitrogens with one attached hydrogen (secondary N) is 1. The van der Waals surface area contributed by atoms with Gasteiger partial charge in [-0.25, -0.2) is 18.6 Å². The molecule has 0 unspecified atom stereocenters. The minimum Gasteiger partial charge on any atom is -0.741 e. The first-order valence-corrected chi connectivity index (χ1v) is 9.49. The fourth-order valence-corrected chi connectivity index (χ4v) is 2.60. The predicted molar refractivity (Wildman–Crippen MR) is 125 cm³/mol. The number of nitrogens with zero attached hydrogens (tertiary/aromatic N) is 1. The molecule has 0 bridgehead atoms. The first kappa shape index (κ1) is 26.2. The van der Waals surface area contributed by atoms with Crippen molar-refractivity contribution in [3.63, 3.8) is 0 Å². The molecular formula is C23H25FeN3O3S. The number of benzene rings is 1. The van der Waals surface area contributed by atoms with E-state index in [0.717, 1.165) is 11.1 Å². The molecule has 0 aromatic heterocycles. The normalized spacial score (nSPS) is 14.2. The van der Waals surface area contributed by atoms with E-state index in [1.807, 2.05) is 80.0 Å². The van der Waals surface area contributed by atoms with Gasteiger partial charge in [0.2, 0.25) is 5.75 Å². The van der Waals surface area contributed by atoms with Gasteiger partial charge in [-0.15, -0.1) is 12.8 Å². The Morgan fingerprint density at radius 1 is 1.06 bits per heavy atom. The smallest absolute Gasteiger partial charge is 0.741 e. The molecule has 1 aromatic carbocycles. The Labute approximate surface area is 200 Å². The van der Waals surface area contributed by atoms with Crippen molar-refractivity contribution < 1.29 is 31.3 Å². The summed E-state index contributed by atoms with van der Waals surface area (Å²) in [6, 6.07) is 3.63. The molecule has 8 heteroatoms. The van der Waals surface area contributed by atoms with Crippen molar-refractivity contribution >= 4 is 23.5 Å². The maximum Gasteiger partial charge on any atom is 2.00 e. The monoisotopic (exact) mass is 479 g/mol. The summed E-state index contributed by atoms with van der Waals surface area (Å²) in [7, 11) is 4.68. The van der Waals surface area contributed by atoms with E-state index < -0.39 is 0 Å². The van der Waals surface area contributed by atoms with Crippen molar-refractivity contribution in [3.05, 3.63) is 91.1 Å². The Morgan fingerprint density at radius 3 is 2.13 bits per heavy atom. The molecule has 0 fully saturated rings. The molecule has 3 rings (SSSR count). The first-order chi connectivity index (χ1) is 14.6. The van der Waals surface area contributed by atoms with Crippen LogP contribution in [0.2, 0.25) is 0 Å². The molecule has 0 aliphatic heterocycles. The molecule has 6 nitrogen and oxygen atoms in total. The molecule has 0 saturated heterocycles. The van der Waals surface area contributed by atoms with Crippen molar-refractivity contribution in [3.8, 4) is 17.2 Å². The van der Waals surface area contributed by atoms with Crippen molar-refractivity contribution in [1.29, 1.82) is 0 Å². The maximum atomic E-state index is 5.46. The van der Waals surface area contributed by atoms with Gasteiger partial charge in [0.25, 0.3) is 0 Å². The summed E-state index contributed by atoms with van der Waals surface area (Å²) in [6.45, 7) is 0. The van der Waals surface area contributed by atoms with E-state index in [4.69, 9.17) is 32.6 Å². The number of methoxy groups -OCH3 is 3. The minimum atomic E-state index is 0. The summed E-state index contributed by atoms with van der Waals surface area (Å²) < 4.78 is 16.1. The third-order valence-corrected chi connectivity index (χ3v) is 4.04. The summed E-state index contributed by atoms with van der Waals surface area (Å²) in [4.78, 5) is 0. The van der Waals surface area contributed by atoms with Crippen LogP contribution < -0.4 is 25.4 Å². The standard InChI is InChI=1S/C18H21N3O3S.C5H5.Fe/c1-22-15-10-13(11-16(23-2)17(15)24-3)14(20-21-18(19)25)9-8-12-6-4-5-7-12;1-2-4-5-3-1;/h4-11,20H,1-3H3,(H3,19,21,25);1-5H;/q;-1;+2/p-1/b14-9-;;. The quantitative estimate of drug-likeness (QED) is 0.155. The van der Waals surface area contributed by atoms with Crippen molar-refractivity contribution in [2.75, 3.05) is 21.3 Å². The predicted octanol–water partition coefficient (Wildman–Crippen LogP) is 3.64. The van der Waals surface area contributed by atoms with E-state index in [-0.39, 0.29) is 22.2 Å². The third-order valence-electron chi connectivity index (χ3n) is 3.95. The first-order valence-electron chi connectivity index (χ1n) is 9.09. The number of allylic oxidation sites excluding steroid dienone is 9. The van der Waals surface area contributed by atoms with Crippen LogP contribution in [0.3, 0.4) is 0 Å². The molecule has 0 spiro atoms. The van der Waals surface area contributed by atoms with Gasteiger partial charge in [-0.1, -0.05) is 30.4 Å². The van der Waals surface area contributed by atoms with Gasteiger partial charge in [0.1, 0.15) is 0 Å². The van der Waals surface area contributed by atoms with E-state index in [2.05, 4.69) is 10.5 Å². The molecule has 1 aromatic rings. The molecule has 0 atom stereocenters. The van der Waals surface area contributed by atoms with Crippen LogP contribution in [0.4, 0.5) is 0 Å². The van der Waals surface area contributed by atoms with Crippen LogP contribution in [-0.2, 0) is 29.7 Å². The van der Waals surface area contributed by atoms with Crippen LogP contribution >= 0.6 is 0 Å². The Hall–Kier alpha value is -2.80. The van der Waals surface area contributed by atoms with Gasteiger partial charge in [0.15, 0.2) is 11.5 Å². The second-order valence-corrected chi connectivity index (χ2v) is 6.32. The van der Waals surface area contributed by atoms with Crippen LogP contribution in [-0.4, -0.2) is 26.5 Å². The van der Waals surface area contributed by atoms with Gasteiger partial charge < -0.3 is 32.6 Å². The van der Waals surface area contributed by atoms with Crippen LogP contribution in [0.15, 0.2) is 71.4 Å². The number of hydrogen-bond donors (Lipinski definition) is 2. The number of amidine groups is 1. The van der Waals surface area contributed by atoms with Gasteiger partial charge in [0.05, 0.1) is 27.0 Å². The van der Waals surface area contributed by atoms with E-state index in [1.165, 1.54) is 0 Å². The maximum absolute atomic E-state index is 5.46. The Kier molecular flexibility index (Phi) is 12.1. The average Bonchev–Trinajstić information content (AvgIpc) is 3.49. The van der Waals surface area contributed by atoms with Crippen LogP contribution in [0.5, 0.6) is 17.2 Å². The molecule has 0 heterocycles. The summed E-state index contributed by atoms with van der Waals surface area (Å²) >= 11 is 4.81. The number of nitrogens with two attached hydrogens (primary N) is 1. The van der Waals surface area contributed by atoms with Gasteiger partial charge >= 0.3 is 17.1 Å². The number of rotatable bonds is 7. The Bertz CT molecular complexity index is 856. The van der Waals surface area contributed by atoms with Crippen LogP contribution in [0.1, 0.15) is 5.56 Å². The van der Waals surface area contributed by atoms with Gasteiger partial charge in [-0.3, -0.25) is 5.43 Å². The second-order valence-electron chi connectivity index (χ2n) is 5.90. The Balaban J connectivity index is 0.000000701. The van der Waals surface area contributed by atoms with Gasteiger partial charge in [-0.2, -0.15) is 5.10 Å². The molecule has 31 heavy (non-hydrogen) atoms. The van der Waals surface area contributed by atoms with Crippen LogP contribution in [0, 0.1) is 19.3 Å². The SMILES string of the molecule is COc1cc(/C(=C/C=C2C=CC=C2)N/N=C(\N)[S-])cc(OC)c1OC.[CH]1[CH][CH-]C=C1.[Fe+2]. The number of hydrazone groups is 1. The summed E-state index contributed by atoms with van der Waals surface area (Å²) in [6.07, 6.45) is 21.7. The van der Waals surface area contributed by atoms with Crippen molar-refractivity contribution in [1.82, 2.24) is 5.43 Å². The number of hydrogen-bond acceptors (Lipinski definition) is 6. The summed E-state index contributed by atoms with van der Waals surface area (Å²) in [5.74, 6) is 1.58. The van der Waals surface area contributed by atoms with Gasteiger partial charge in [0, 0.05) is 5.56 Å². The van der Waals surface area contributed by atoms with E-state index in [9.17, 15) is 0 Å². The molecule has 2 aliphatic rings. The van der Waals surface area contributed by atoms with E-state index in [1.54, 1.807) is 21.3 Å². The molecule has 3 N–H and O–H groups in total. The summed E-state index contributed by atoms with van der Waals surface area (Å²) in [5, 5.41) is 3.92. The third kappa shape index (κ3) is 8.45. The number of ether oxygens (including phenoxy) is 3.